The molecule has 0 atom stereocenters. The van der Waals surface area contributed by atoms with Crippen LogP contribution in [0.3, 0.4) is 0 Å². The first-order chi connectivity index (χ1) is 15.9. The van der Waals surface area contributed by atoms with Crippen LogP contribution in [0, 0.1) is 0 Å². The lowest BCUT2D eigenvalue weighted by molar-refractivity contribution is 0.0697. The summed E-state index contributed by atoms with van der Waals surface area (Å²) in [5, 5.41) is 16.8. The molecule has 3 aromatic carbocycles. The highest BCUT2D eigenvalue weighted by Crippen LogP contribution is 2.28. The van der Waals surface area contributed by atoms with E-state index in [4.69, 9.17) is 4.74 Å². The van der Waals surface area contributed by atoms with Crippen LogP contribution in [0.2, 0.25) is 0 Å². The van der Waals surface area contributed by atoms with E-state index in [2.05, 4.69) is 26.4 Å². The zero-order valence-corrected chi connectivity index (χ0v) is 18.7. The average Bonchev–Trinajstić information content (AvgIpc) is 3.21. The molecule has 0 aliphatic rings. The number of para-hydroxylation sites is 2. The largest absolute Gasteiger partial charge is 0.494 e. The van der Waals surface area contributed by atoms with Crippen molar-refractivity contribution in [3.63, 3.8) is 0 Å². The van der Waals surface area contributed by atoms with Crippen LogP contribution >= 0.6 is 15.9 Å². The summed E-state index contributed by atoms with van der Waals surface area (Å²) >= 11 is 3.35. The van der Waals surface area contributed by atoms with Gasteiger partial charge in [0.1, 0.15) is 11.4 Å². The third-order valence-corrected chi connectivity index (χ3v) is 5.25. The number of hydrogen-bond donors (Lipinski definition) is 1. The molecule has 0 saturated heterocycles. The summed E-state index contributed by atoms with van der Waals surface area (Å²) in [4.78, 5) is 39.0. The van der Waals surface area contributed by atoms with Crippen molar-refractivity contribution in [3.05, 3.63) is 93.3 Å². The fraction of sp³-hybridized carbons (Fsp3) is 0.0455. The van der Waals surface area contributed by atoms with Crippen LogP contribution in [0.5, 0.6) is 5.75 Å². The third kappa shape index (κ3) is 4.26. The van der Waals surface area contributed by atoms with Crippen molar-refractivity contribution in [1.82, 2.24) is 19.8 Å². The number of carboxylic acids is 1. The maximum atomic E-state index is 13.5. The standard InChI is InChI=1S/C22H16BrN5O5/c1-33-19-5-3-2-4-18(19)27-22(32)28(25-24-27)21(31)26(17-12-8-15(23)9-13-17)16-10-6-14(7-11-16)20(29)30/h2-13H,1H3,(H,29,30). The zero-order chi connectivity index (χ0) is 23.5. The van der Waals surface area contributed by atoms with Crippen molar-refractivity contribution < 1.29 is 19.4 Å². The van der Waals surface area contributed by atoms with Gasteiger partial charge in [-0.25, -0.2) is 14.4 Å². The SMILES string of the molecule is COc1ccccc1-n1nnn(C(=O)N(c2ccc(Br)cc2)c2ccc(C(=O)O)cc2)c1=O. The molecule has 11 heteroatoms. The van der Waals surface area contributed by atoms with Gasteiger partial charge < -0.3 is 9.84 Å². The number of rotatable bonds is 5. The summed E-state index contributed by atoms with van der Waals surface area (Å²) in [6, 6.07) is 18.4. The molecule has 0 spiro atoms. The molecule has 4 aromatic rings. The lowest BCUT2D eigenvalue weighted by Gasteiger charge is -2.22. The zero-order valence-electron chi connectivity index (χ0n) is 17.1. The second kappa shape index (κ2) is 9.09. The molecule has 10 nitrogen and oxygen atoms in total. The van der Waals surface area contributed by atoms with Gasteiger partial charge >= 0.3 is 17.7 Å². The van der Waals surface area contributed by atoms with Gasteiger partial charge in [-0.15, -0.1) is 4.68 Å². The molecule has 1 N–H and O–H groups in total. The molecule has 0 fully saturated rings. The Morgan fingerprint density at radius 2 is 1.55 bits per heavy atom. The van der Waals surface area contributed by atoms with E-state index in [9.17, 15) is 19.5 Å². The maximum Gasteiger partial charge on any atom is 0.377 e. The van der Waals surface area contributed by atoms with Gasteiger partial charge in [0.25, 0.3) is 0 Å². The number of methoxy groups -OCH3 is 1. The van der Waals surface area contributed by atoms with E-state index in [0.29, 0.717) is 27.5 Å². The van der Waals surface area contributed by atoms with Crippen LogP contribution in [0.25, 0.3) is 5.69 Å². The minimum absolute atomic E-state index is 0.0567. The van der Waals surface area contributed by atoms with E-state index in [1.807, 2.05) is 0 Å². The lowest BCUT2D eigenvalue weighted by atomic mass is 10.2. The molecule has 1 amide bonds. The van der Waals surface area contributed by atoms with Crippen molar-refractivity contribution in [3.8, 4) is 11.4 Å². The van der Waals surface area contributed by atoms with Crippen LogP contribution in [0.1, 0.15) is 10.4 Å². The first-order valence-corrected chi connectivity index (χ1v) is 10.3. The van der Waals surface area contributed by atoms with Gasteiger partial charge in [0.05, 0.1) is 24.0 Å². The van der Waals surface area contributed by atoms with Crippen molar-refractivity contribution in [1.29, 1.82) is 0 Å². The number of halogens is 1. The fourth-order valence-electron chi connectivity index (χ4n) is 3.13. The summed E-state index contributed by atoms with van der Waals surface area (Å²) in [6.07, 6.45) is 0. The monoisotopic (exact) mass is 509 g/mol. The number of hydrogen-bond acceptors (Lipinski definition) is 6. The average molecular weight is 510 g/mol. The summed E-state index contributed by atoms with van der Waals surface area (Å²) in [5.41, 5.74) is 0.358. The van der Waals surface area contributed by atoms with E-state index in [0.717, 1.165) is 9.15 Å². The van der Waals surface area contributed by atoms with E-state index < -0.39 is 17.7 Å². The Bertz CT molecular complexity index is 1380. The van der Waals surface area contributed by atoms with Crippen molar-refractivity contribution in [2.75, 3.05) is 12.0 Å². The van der Waals surface area contributed by atoms with E-state index in [1.165, 1.54) is 36.3 Å². The first kappa shape index (κ1) is 22.0. The van der Waals surface area contributed by atoms with Gasteiger partial charge in [-0.3, -0.25) is 4.90 Å². The molecule has 0 bridgehead atoms. The van der Waals surface area contributed by atoms with E-state index in [1.54, 1.807) is 48.5 Å². The second-order valence-electron chi connectivity index (χ2n) is 6.70. The predicted octanol–water partition coefficient (Wildman–Crippen LogP) is 3.70. The number of aromatic carboxylic acids is 1. The Balaban J connectivity index is 1.81. The summed E-state index contributed by atoms with van der Waals surface area (Å²) < 4.78 is 7.65. The lowest BCUT2D eigenvalue weighted by Crippen LogP contribution is -2.38. The van der Waals surface area contributed by atoms with Crippen LogP contribution in [0.15, 0.2) is 82.1 Å². The molecule has 0 saturated carbocycles. The Morgan fingerprint density at radius 3 is 2.15 bits per heavy atom. The van der Waals surface area contributed by atoms with Crippen LogP contribution in [-0.4, -0.2) is 44.0 Å². The highest BCUT2D eigenvalue weighted by molar-refractivity contribution is 9.10. The smallest absolute Gasteiger partial charge is 0.377 e. The molecule has 1 heterocycles. The van der Waals surface area contributed by atoms with Crippen molar-refractivity contribution in [2.45, 2.75) is 0 Å². The molecular weight excluding hydrogens is 494 g/mol. The molecule has 0 unspecified atom stereocenters. The van der Waals surface area contributed by atoms with Gasteiger partial charge in [0.2, 0.25) is 0 Å². The summed E-state index contributed by atoms with van der Waals surface area (Å²) in [7, 11) is 1.45. The van der Waals surface area contributed by atoms with Gasteiger partial charge in [-0.2, -0.15) is 4.68 Å². The van der Waals surface area contributed by atoms with E-state index in [-0.39, 0.29) is 5.56 Å². The number of ether oxygens (including phenoxy) is 1. The number of amides is 1. The number of anilines is 2. The Kier molecular flexibility index (Phi) is 6.05. The Morgan fingerprint density at radius 1 is 0.939 bits per heavy atom. The molecular formula is C22H16BrN5O5. The van der Waals surface area contributed by atoms with Gasteiger partial charge in [0, 0.05) is 4.47 Å². The third-order valence-electron chi connectivity index (χ3n) is 4.72. The molecule has 0 aliphatic carbocycles. The number of carboxylic acid groups (broad SMARTS) is 1. The maximum absolute atomic E-state index is 13.5. The molecule has 166 valence electrons. The van der Waals surface area contributed by atoms with Gasteiger partial charge in [0.15, 0.2) is 0 Å². The van der Waals surface area contributed by atoms with Crippen LogP contribution < -0.4 is 15.3 Å². The Hall–Kier alpha value is -4.25. The first-order valence-electron chi connectivity index (χ1n) is 9.52. The highest BCUT2D eigenvalue weighted by atomic mass is 79.9. The van der Waals surface area contributed by atoms with Gasteiger partial charge in [-0.1, -0.05) is 28.1 Å². The van der Waals surface area contributed by atoms with Crippen LogP contribution in [-0.2, 0) is 0 Å². The van der Waals surface area contributed by atoms with Crippen LogP contribution in [0.4, 0.5) is 16.2 Å². The fourth-order valence-corrected chi connectivity index (χ4v) is 3.39. The number of benzene rings is 3. The number of tetrazole rings is 1. The molecule has 33 heavy (non-hydrogen) atoms. The summed E-state index contributed by atoms with van der Waals surface area (Å²) in [6.45, 7) is 0. The molecule has 0 aliphatic heterocycles. The molecule has 4 rings (SSSR count). The quantitative estimate of drug-likeness (QED) is 0.407. The van der Waals surface area contributed by atoms with Crippen molar-refractivity contribution in [2.24, 2.45) is 0 Å². The second-order valence-corrected chi connectivity index (χ2v) is 7.62. The van der Waals surface area contributed by atoms with Gasteiger partial charge in [-0.05, 0) is 71.1 Å². The number of carbonyl (C=O) groups excluding carboxylic acids is 1. The molecule has 0 radical (unpaired) electrons. The summed E-state index contributed by atoms with van der Waals surface area (Å²) in [5.74, 6) is -0.716. The Labute approximate surface area is 195 Å². The normalized spacial score (nSPS) is 10.6. The number of carbonyl (C=O) groups is 2. The topological polar surface area (TPSA) is 120 Å². The minimum Gasteiger partial charge on any atom is -0.494 e. The highest BCUT2D eigenvalue weighted by Gasteiger charge is 2.25. The number of nitrogens with zero attached hydrogens (tertiary/aromatic N) is 5. The van der Waals surface area contributed by atoms with E-state index >= 15 is 0 Å². The minimum atomic E-state index is -1.10. The molecule has 1 aromatic heterocycles. The number of aromatic nitrogens is 4. The predicted molar refractivity (Wildman–Crippen MR) is 123 cm³/mol. The van der Waals surface area contributed by atoms with Crippen molar-refractivity contribution >= 4 is 39.3 Å².